The van der Waals surface area contributed by atoms with Gasteiger partial charge in [-0.3, -0.25) is 0 Å². The normalized spacial score (nSPS) is 18.2. The molecule has 2 rings (SSSR count). The average Bonchev–Trinajstić information content (AvgIpc) is 2.18. The van der Waals surface area contributed by atoms with E-state index in [-0.39, 0.29) is 0 Å². The van der Waals surface area contributed by atoms with Gasteiger partial charge in [0.25, 0.3) is 0 Å². The molecule has 0 aliphatic heterocycles. The Morgan fingerprint density at radius 3 is 2.56 bits per heavy atom. The van der Waals surface area contributed by atoms with Crippen molar-refractivity contribution in [3.05, 3.63) is 34.9 Å². The lowest BCUT2D eigenvalue weighted by molar-refractivity contribution is 0.294. The molecule has 0 bridgehead atoms. The molecule has 1 aliphatic rings. The highest BCUT2D eigenvalue weighted by molar-refractivity contribution is 9.09. The molecule has 0 saturated heterocycles. The van der Waals surface area contributed by atoms with E-state index in [1.165, 1.54) is 48.8 Å². The summed E-state index contributed by atoms with van der Waals surface area (Å²) in [5.74, 6) is 0.996. The number of aryl methyl sites for hydroxylation is 2. The highest BCUT2D eigenvalue weighted by atomic mass is 79.9. The molecule has 1 unspecified atom stereocenters. The number of rotatable bonds is 4. The second-order valence-electron chi connectivity index (χ2n) is 5.25. The zero-order valence-corrected chi connectivity index (χ0v) is 11.9. The molecule has 0 nitrogen and oxygen atoms in total. The SMILES string of the molecule is Cc1ccc(CC(Br)CC2CCC2)cc1C. The van der Waals surface area contributed by atoms with Crippen molar-refractivity contribution in [1.82, 2.24) is 0 Å². The Morgan fingerprint density at radius 2 is 2.00 bits per heavy atom. The van der Waals surface area contributed by atoms with E-state index in [1.807, 2.05) is 0 Å². The fraction of sp³-hybridized carbons (Fsp3) is 0.600. The van der Waals surface area contributed by atoms with Gasteiger partial charge < -0.3 is 0 Å². The van der Waals surface area contributed by atoms with Crippen LogP contribution in [0.5, 0.6) is 0 Å². The number of benzene rings is 1. The predicted molar refractivity (Wildman–Crippen MR) is 74.3 cm³/mol. The summed E-state index contributed by atoms with van der Waals surface area (Å²) >= 11 is 3.83. The minimum Gasteiger partial charge on any atom is -0.0887 e. The van der Waals surface area contributed by atoms with Crippen molar-refractivity contribution in [2.45, 2.75) is 50.8 Å². The van der Waals surface area contributed by atoms with Gasteiger partial charge in [-0.05, 0) is 49.3 Å². The number of alkyl halides is 1. The Morgan fingerprint density at radius 1 is 1.25 bits per heavy atom. The standard InChI is InChI=1S/C15H21Br/c1-11-6-7-14(8-12(11)2)10-15(16)9-13-4-3-5-13/h6-8,13,15H,3-5,9-10H2,1-2H3. The van der Waals surface area contributed by atoms with Gasteiger partial charge in [-0.15, -0.1) is 0 Å². The van der Waals surface area contributed by atoms with Crippen LogP contribution in [0.3, 0.4) is 0 Å². The van der Waals surface area contributed by atoms with Crippen LogP contribution in [-0.2, 0) is 6.42 Å². The second kappa shape index (κ2) is 5.35. The summed E-state index contributed by atoms with van der Waals surface area (Å²) in [5, 5.41) is 0. The van der Waals surface area contributed by atoms with Crippen molar-refractivity contribution in [3.8, 4) is 0 Å². The van der Waals surface area contributed by atoms with Gasteiger partial charge in [0.1, 0.15) is 0 Å². The first-order valence-corrected chi connectivity index (χ1v) is 7.27. The summed E-state index contributed by atoms with van der Waals surface area (Å²) in [7, 11) is 0. The quantitative estimate of drug-likeness (QED) is 0.695. The number of halogens is 1. The Balaban J connectivity index is 1.89. The molecule has 0 radical (unpaired) electrons. The van der Waals surface area contributed by atoms with Crippen LogP contribution < -0.4 is 0 Å². The van der Waals surface area contributed by atoms with Crippen LogP contribution in [0.2, 0.25) is 0 Å². The average molecular weight is 281 g/mol. The summed E-state index contributed by atoms with van der Waals surface area (Å²) in [6.45, 7) is 4.38. The molecular weight excluding hydrogens is 260 g/mol. The van der Waals surface area contributed by atoms with Crippen LogP contribution in [0, 0.1) is 19.8 Å². The predicted octanol–water partition coefficient (Wildman–Crippen LogP) is 4.80. The summed E-state index contributed by atoms with van der Waals surface area (Å²) < 4.78 is 0. The number of hydrogen-bond donors (Lipinski definition) is 0. The van der Waals surface area contributed by atoms with Gasteiger partial charge in [-0.25, -0.2) is 0 Å². The molecular formula is C15H21Br. The van der Waals surface area contributed by atoms with Gasteiger partial charge in [-0.2, -0.15) is 0 Å². The molecule has 0 aromatic heterocycles. The Bertz CT molecular complexity index is 352. The van der Waals surface area contributed by atoms with Gasteiger partial charge >= 0.3 is 0 Å². The van der Waals surface area contributed by atoms with Crippen LogP contribution in [0.25, 0.3) is 0 Å². The van der Waals surface area contributed by atoms with Crippen LogP contribution in [0.1, 0.15) is 42.4 Å². The topological polar surface area (TPSA) is 0 Å². The van der Waals surface area contributed by atoms with Crippen molar-refractivity contribution < 1.29 is 0 Å². The van der Waals surface area contributed by atoms with Gasteiger partial charge in [0, 0.05) is 4.83 Å². The Kier molecular flexibility index (Phi) is 4.07. The highest BCUT2D eigenvalue weighted by Crippen LogP contribution is 2.33. The largest absolute Gasteiger partial charge is 0.0887 e. The summed E-state index contributed by atoms with van der Waals surface area (Å²) in [6, 6.07) is 6.86. The van der Waals surface area contributed by atoms with E-state index in [9.17, 15) is 0 Å². The number of hydrogen-bond acceptors (Lipinski definition) is 0. The van der Waals surface area contributed by atoms with E-state index in [2.05, 4.69) is 48.0 Å². The van der Waals surface area contributed by atoms with Gasteiger partial charge in [0.05, 0.1) is 0 Å². The first-order chi connectivity index (χ1) is 7.65. The molecule has 0 N–H and O–H groups in total. The minimum atomic E-state index is 0.667. The first kappa shape index (κ1) is 12.2. The molecule has 1 fully saturated rings. The highest BCUT2D eigenvalue weighted by Gasteiger charge is 2.20. The molecule has 16 heavy (non-hydrogen) atoms. The monoisotopic (exact) mass is 280 g/mol. The Labute approximate surface area is 108 Å². The maximum absolute atomic E-state index is 3.83. The summed E-state index contributed by atoms with van der Waals surface area (Å²) in [6.07, 6.45) is 6.89. The van der Waals surface area contributed by atoms with Gasteiger partial charge in [-0.1, -0.05) is 53.4 Å². The summed E-state index contributed by atoms with van der Waals surface area (Å²) in [5.41, 5.74) is 4.29. The molecule has 0 amide bonds. The van der Waals surface area contributed by atoms with Crippen LogP contribution in [-0.4, -0.2) is 4.83 Å². The second-order valence-corrected chi connectivity index (χ2v) is 6.55. The van der Waals surface area contributed by atoms with Crippen LogP contribution >= 0.6 is 15.9 Å². The molecule has 1 aliphatic carbocycles. The third kappa shape index (κ3) is 3.10. The van der Waals surface area contributed by atoms with E-state index in [4.69, 9.17) is 0 Å². The lowest BCUT2D eigenvalue weighted by Gasteiger charge is -2.27. The molecule has 1 atom stereocenters. The third-order valence-corrected chi connectivity index (χ3v) is 4.54. The van der Waals surface area contributed by atoms with E-state index in [0.717, 1.165) is 5.92 Å². The Hall–Kier alpha value is -0.300. The smallest absolute Gasteiger partial charge is 0.0188 e. The van der Waals surface area contributed by atoms with E-state index >= 15 is 0 Å². The zero-order valence-electron chi connectivity index (χ0n) is 10.3. The molecule has 1 aromatic rings. The van der Waals surface area contributed by atoms with E-state index in [1.54, 1.807) is 0 Å². The molecule has 0 spiro atoms. The third-order valence-electron chi connectivity index (χ3n) is 3.84. The first-order valence-electron chi connectivity index (χ1n) is 6.35. The van der Waals surface area contributed by atoms with Crippen LogP contribution in [0.15, 0.2) is 18.2 Å². The zero-order chi connectivity index (χ0) is 11.5. The van der Waals surface area contributed by atoms with Crippen molar-refractivity contribution in [2.75, 3.05) is 0 Å². The van der Waals surface area contributed by atoms with Crippen molar-refractivity contribution in [1.29, 1.82) is 0 Å². The maximum atomic E-state index is 3.83. The minimum absolute atomic E-state index is 0.667. The lowest BCUT2D eigenvalue weighted by atomic mass is 9.81. The molecule has 1 saturated carbocycles. The summed E-state index contributed by atoms with van der Waals surface area (Å²) in [4.78, 5) is 0.667. The molecule has 1 aromatic carbocycles. The van der Waals surface area contributed by atoms with Crippen molar-refractivity contribution >= 4 is 15.9 Å². The van der Waals surface area contributed by atoms with E-state index < -0.39 is 0 Å². The van der Waals surface area contributed by atoms with Crippen molar-refractivity contribution in [2.24, 2.45) is 5.92 Å². The molecule has 1 heteroatoms. The fourth-order valence-corrected chi connectivity index (χ4v) is 3.26. The van der Waals surface area contributed by atoms with E-state index in [0.29, 0.717) is 4.83 Å². The van der Waals surface area contributed by atoms with Gasteiger partial charge in [0.2, 0.25) is 0 Å². The lowest BCUT2D eigenvalue weighted by Crippen LogP contribution is -2.17. The molecule has 88 valence electrons. The van der Waals surface area contributed by atoms with Crippen molar-refractivity contribution in [3.63, 3.8) is 0 Å². The molecule has 0 heterocycles. The maximum Gasteiger partial charge on any atom is 0.0188 e. The fourth-order valence-electron chi connectivity index (χ4n) is 2.36. The van der Waals surface area contributed by atoms with Gasteiger partial charge in [0.15, 0.2) is 0 Å². The van der Waals surface area contributed by atoms with Crippen LogP contribution in [0.4, 0.5) is 0 Å².